The van der Waals surface area contributed by atoms with E-state index in [4.69, 9.17) is 14.5 Å². The number of hydrogen-bond acceptors (Lipinski definition) is 6. The highest BCUT2D eigenvalue weighted by atomic mass is 32.2. The third-order valence-electron chi connectivity index (χ3n) is 6.41. The molecule has 1 heterocycles. The zero-order valence-corrected chi connectivity index (χ0v) is 20.7. The number of benzene rings is 2. The Hall–Kier alpha value is -3.00. The van der Waals surface area contributed by atoms with Gasteiger partial charge in [0.2, 0.25) is 5.91 Å². The van der Waals surface area contributed by atoms with E-state index >= 15 is 0 Å². The van der Waals surface area contributed by atoms with Crippen LogP contribution in [0.15, 0.2) is 52.4 Å². The summed E-state index contributed by atoms with van der Waals surface area (Å²) in [5.74, 6) is 1.89. The minimum absolute atomic E-state index is 0.0242. The summed E-state index contributed by atoms with van der Waals surface area (Å²) in [7, 11) is 3.17. The Kier molecular flexibility index (Phi) is 7.77. The van der Waals surface area contributed by atoms with Gasteiger partial charge in [-0.1, -0.05) is 49.7 Å². The molecule has 2 atom stereocenters. The van der Waals surface area contributed by atoms with Gasteiger partial charge in [-0.25, -0.2) is 4.98 Å². The van der Waals surface area contributed by atoms with Crippen LogP contribution in [0.3, 0.4) is 0 Å². The third-order valence-corrected chi connectivity index (χ3v) is 7.38. The molecule has 1 fully saturated rings. The summed E-state index contributed by atoms with van der Waals surface area (Å²) in [5.41, 5.74) is 1.36. The number of rotatable bonds is 8. The summed E-state index contributed by atoms with van der Waals surface area (Å²) in [5, 5.41) is 4.25. The van der Waals surface area contributed by atoms with Gasteiger partial charge in [-0.15, -0.1) is 0 Å². The number of para-hydroxylation sites is 1. The van der Waals surface area contributed by atoms with Crippen molar-refractivity contribution in [2.24, 2.45) is 5.92 Å². The second kappa shape index (κ2) is 11.0. The molecule has 3 aromatic rings. The van der Waals surface area contributed by atoms with Crippen molar-refractivity contribution in [3.05, 3.63) is 58.4 Å². The maximum absolute atomic E-state index is 13.4. The van der Waals surface area contributed by atoms with Gasteiger partial charge >= 0.3 is 0 Å². The standard InChI is InChI=1S/C26H31N3O4S/c1-17-8-4-6-10-20(17)27-24(30)16-34-26-28-21-11-7-5-9-19(21)25(31)29(26)15-18-12-13-22(32-2)23(14-18)33-3/h5,7,9,11-14,17,20H,4,6,8,10,15-16H2,1-3H3,(H,27,30). The van der Waals surface area contributed by atoms with E-state index in [1.54, 1.807) is 24.9 Å². The largest absolute Gasteiger partial charge is 0.493 e. The van der Waals surface area contributed by atoms with Crippen LogP contribution in [0, 0.1) is 5.92 Å². The van der Waals surface area contributed by atoms with E-state index in [0.717, 1.165) is 24.8 Å². The SMILES string of the molecule is COc1ccc(Cn2c(SCC(=O)NC3CCCCC3C)nc3ccccc3c2=O)cc1OC. The van der Waals surface area contributed by atoms with Gasteiger partial charge in [0.15, 0.2) is 16.7 Å². The lowest BCUT2D eigenvalue weighted by Crippen LogP contribution is -2.42. The molecule has 0 spiro atoms. The molecule has 1 N–H and O–H groups in total. The normalized spacial score (nSPS) is 18.0. The van der Waals surface area contributed by atoms with Gasteiger partial charge in [0.1, 0.15) is 0 Å². The highest BCUT2D eigenvalue weighted by molar-refractivity contribution is 7.99. The molecule has 1 amide bonds. The van der Waals surface area contributed by atoms with Crippen molar-refractivity contribution in [1.29, 1.82) is 0 Å². The molecule has 2 unspecified atom stereocenters. The molecule has 0 radical (unpaired) electrons. The summed E-state index contributed by atoms with van der Waals surface area (Å²) in [6.45, 7) is 2.50. The van der Waals surface area contributed by atoms with Gasteiger partial charge in [0, 0.05) is 6.04 Å². The first-order valence-corrected chi connectivity index (χ1v) is 12.6. The van der Waals surface area contributed by atoms with Gasteiger partial charge in [0.25, 0.3) is 5.56 Å². The first-order chi connectivity index (χ1) is 16.5. The summed E-state index contributed by atoms with van der Waals surface area (Å²) >= 11 is 1.29. The van der Waals surface area contributed by atoms with Crippen molar-refractivity contribution in [1.82, 2.24) is 14.9 Å². The highest BCUT2D eigenvalue weighted by Gasteiger charge is 2.23. The van der Waals surface area contributed by atoms with Gasteiger partial charge < -0.3 is 14.8 Å². The van der Waals surface area contributed by atoms with Gasteiger partial charge in [-0.3, -0.25) is 14.2 Å². The van der Waals surface area contributed by atoms with Crippen LogP contribution in [0.5, 0.6) is 11.5 Å². The van der Waals surface area contributed by atoms with Crippen LogP contribution in [-0.4, -0.2) is 41.5 Å². The van der Waals surface area contributed by atoms with Crippen molar-refractivity contribution in [3.8, 4) is 11.5 Å². The number of methoxy groups -OCH3 is 2. The van der Waals surface area contributed by atoms with Crippen molar-refractivity contribution in [2.45, 2.75) is 50.4 Å². The minimum Gasteiger partial charge on any atom is -0.493 e. The van der Waals surface area contributed by atoms with Crippen molar-refractivity contribution >= 4 is 28.6 Å². The second-order valence-corrected chi connectivity index (χ2v) is 9.66. The number of carbonyl (C=O) groups excluding carboxylic acids is 1. The molecule has 1 aromatic heterocycles. The molecule has 0 saturated heterocycles. The fourth-order valence-corrected chi connectivity index (χ4v) is 5.28. The molecule has 7 nitrogen and oxygen atoms in total. The molecule has 4 rings (SSSR count). The van der Waals surface area contributed by atoms with E-state index in [9.17, 15) is 9.59 Å². The van der Waals surface area contributed by atoms with E-state index < -0.39 is 0 Å². The van der Waals surface area contributed by atoms with E-state index in [2.05, 4.69) is 12.2 Å². The molecule has 1 aliphatic carbocycles. The molecule has 1 aliphatic rings. The Morgan fingerprint density at radius 3 is 2.65 bits per heavy atom. The van der Waals surface area contributed by atoms with Crippen LogP contribution in [0.2, 0.25) is 0 Å². The molecule has 0 bridgehead atoms. The minimum atomic E-state index is -0.135. The lowest BCUT2D eigenvalue weighted by Gasteiger charge is -2.29. The molecular weight excluding hydrogens is 450 g/mol. The van der Waals surface area contributed by atoms with Gasteiger partial charge in [-0.2, -0.15) is 0 Å². The van der Waals surface area contributed by atoms with Crippen LogP contribution in [0.4, 0.5) is 0 Å². The molecular formula is C26H31N3O4S. The molecule has 34 heavy (non-hydrogen) atoms. The number of aromatic nitrogens is 2. The average Bonchev–Trinajstić information content (AvgIpc) is 2.86. The van der Waals surface area contributed by atoms with Gasteiger partial charge in [0.05, 0.1) is 37.4 Å². The average molecular weight is 482 g/mol. The van der Waals surface area contributed by atoms with Crippen molar-refractivity contribution in [3.63, 3.8) is 0 Å². The van der Waals surface area contributed by atoms with E-state index in [0.29, 0.717) is 40.0 Å². The van der Waals surface area contributed by atoms with E-state index in [-0.39, 0.29) is 23.3 Å². The van der Waals surface area contributed by atoms with E-state index in [1.165, 1.54) is 18.2 Å². The predicted molar refractivity (Wildman–Crippen MR) is 135 cm³/mol. The number of nitrogens with one attached hydrogen (secondary N) is 1. The van der Waals surface area contributed by atoms with Crippen LogP contribution in [-0.2, 0) is 11.3 Å². The first kappa shape index (κ1) is 24.1. The Balaban J connectivity index is 1.60. The number of carbonyl (C=O) groups is 1. The molecule has 1 saturated carbocycles. The van der Waals surface area contributed by atoms with Crippen molar-refractivity contribution in [2.75, 3.05) is 20.0 Å². The quantitative estimate of drug-likeness (QED) is 0.383. The Morgan fingerprint density at radius 2 is 1.88 bits per heavy atom. The Morgan fingerprint density at radius 1 is 1.12 bits per heavy atom. The topological polar surface area (TPSA) is 82.5 Å². The lowest BCUT2D eigenvalue weighted by molar-refractivity contribution is -0.119. The molecule has 8 heteroatoms. The zero-order valence-electron chi connectivity index (χ0n) is 19.9. The second-order valence-electron chi connectivity index (χ2n) is 8.72. The maximum Gasteiger partial charge on any atom is 0.262 e. The fraction of sp³-hybridized carbons (Fsp3) is 0.423. The number of thioether (sulfide) groups is 1. The van der Waals surface area contributed by atoms with Crippen LogP contribution < -0.4 is 20.3 Å². The zero-order chi connectivity index (χ0) is 24.1. The fourth-order valence-electron chi connectivity index (χ4n) is 4.47. The van der Waals surface area contributed by atoms with Crippen LogP contribution >= 0.6 is 11.8 Å². The van der Waals surface area contributed by atoms with E-state index in [1.807, 2.05) is 36.4 Å². The Bertz CT molecular complexity index is 1230. The van der Waals surface area contributed by atoms with Crippen molar-refractivity contribution < 1.29 is 14.3 Å². The first-order valence-electron chi connectivity index (χ1n) is 11.6. The van der Waals surface area contributed by atoms with Crippen LogP contribution in [0.25, 0.3) is 10.9 Å². The maximum atomic E-state index is 13.4. The summed E-state index contributed by atoms with van der Waals surface area (Å²) in [4.78, 5) is 30.8. The third kappa shape index (κ3) is 5.38. The highest BCUT2D eigenvalue weighted by Crippen LogP contribution is 2.29. The number of fused-ring (bicyclic) bond motifs is 1. The summed E-state index contributed by atoms with van der Waals surface area (Å²) in [6, 6.07) is 13.1. The summed E-state index contributed by atoms with van der Waals surface area (Å²) < 4.78 is 12.4. The predicted octanol–water partition coefficient (Wildman–Crippen LogP) is 4.25. The monoisotopic (exact) mass is 481 g/mol. The number of ether oxygens (including phenoxy) is 2. The summed E-state index contributed by atoms with van der Waals surface area (Å²) in [6.07, 6.45) is 4.55. The number of nitrogens with zero attached hydrogens (tertiary/aromatic N) is 2. The number of hydrogen-bond donors (Lipinski definition) is 1. The number of amides is 1. The lowest BCUT2D eigenvalue weighted by atomic mass is 9.86. The Labute approximate surface area is 203 Å². The molecule has 0 aliphatic heterocycles. The molecule has 180 valence electrons. The van der Waals surface area contributed by atoms with Crippen LogP contribution in [0.1, 0.15) is 38.2 Å². The smallest absolute Gasteiger partial charge is 0.262 e. The molecule has 2 aromatic carbocycles. The van der Waals surface area contributed by atoms with Gasteiger partial charge in [-0.05, 0) is 48.6 Å².